The molecular formula is C30H32N2O4. The fourth-order valence-corrected chi connectivity index (χ4v) is 5.97. The molecule has 2 amide bonds. The number of allylic oxidation sites excluding steroid dienone is 3. The zero-order chi connectivity index (χ0) is 25.2. The minimum Gasteiger partial charge on any atom is -0.480 e. The molecule has 2 heterocycles. The summed E-state index contributed by atoms with van der Waals surface area (Å²) >= 11 is 0. The number of piperazine rings is 1. The number of amides is 2. The van der Waals surface area contributed by atoms with E-state index in [1.165, 1.54) is 0 Å². The Morgan fingerprint density at radius 2 is 1.69 bits per heavy atom. The van der Waals surface area contributed by atoms with Gasteiger partial charge in [-0.05, 0) is 41.9 Å². The molecule has 2 bridgehead atoms. The van der Waals surface area contributed by atoms with Crippen molar-refractivity contribution in [1.82, 2.24) is 9.80 Å². The number of fused-ring (bicyclic) bond motifs is 2. The number of carboxylic acid groups (broad SMARTS) is 1. The summed E-state index contributed by atoms with van der Waals surface area (Å²) in [5.41, 5.74) is 2.66. The van der Waals surface area contributed by atoms with E-state index < -0.39 is 24.0 Å². The number of carbonyl (C=O) groups is 3. The highest BCUT2D eigenvalue weighted by Gasteiger charge is 2.53. The van der Waals surface area contributed by atoms with E-state index in [0.717, 1.165) is 23.1 Å². The zero-order valence-corrected chi connectivity index (χ0v) is 20.5. The maximum absolute atomic E-state index is 14.2. The van der Waals surface area contributed by atoms with E-state index in [9.17, 15) is 19.5 Å². The molecule has 2 saturated heterocycles. The maximum atomic E-state index is 14.2. The fraction of sp³-hybridized carbons (Fsp3) is 0.367. The van der Waals surface area contributed by atoms with Crippen LogP contribution < -0.4 is 0 Å². The number of nitrogens with zero attached hydrogens (tertiary/aromatic N) is 2. The van der Waals surface area contributed by atoms with Crippen molar-refractivity contribution in [1.29, 1.82) is 0 Å². The Kier molecular flexibility index (Phi) is 6.77. The lowest BCUT2D eigenvalue weighted by atomic mass is 9.84. The van der Waals surface area contributed by atoms with Gasteiger partial charge in [0.1, 0.15) is 6.04 Å². The molecular weight excluding hydrogens is 452 g/mol. The molecule has 5 atom stereocenters. The van der Waals surface area contributed by atoms with Crippen LogP contribution in [0.1, 0.15) is 43.2 Å². The van der Waals surface area contributed by atoms with E-state index in [2.05, 4.69) is 19.1 Å². The molecule has 5 rings (SSSR count). The van der Waals surface area contributed by atoms with Crippen molar-refractivity contribution in [3.05, 3.63) is 95.6 Å². The summed E-state index contributed by atoms with van der Waals surface area (Å²) in [4.78, 5) is 43.4. The van der Waals surface area contributed by atoms with E-state index in [-0.39, 0.29) is 30.8 Å². The molecule has 0 spiro atoms. The van der Waals surface area contributed by atoms with E-state index in [4.69, 9.17) is 0 Å². The Hall–Kier alpha value is -3.67. The topological polar surface area (TPSA) is 77.9 Å². The van der Waals surface area contributed by atoms with Gasteiger partial charge >= 0.3 is 5.97 Å². The molecule has 0 radical (unpaired) electrons. The highest BCUT2D eigenvalue weighted by molar-refractivity contribution is 5.93. The van der Waals surface area contributed by atoms with Crippen LogP contribution in [-0.4, -0.2) is 57.4 Å². The SMILES string of the molecule is CC1C=CC(C(C(=O)N2C[C@@H]3CC[C@H]([C@H]2C(=O)O)N3C(=O)Cc2ccccc2)c2ccccc2)=CC1. The van der Waals surface area contributed by atoms with Crippen molar-refractivity contribution in [2.45, 2.75) is 56.7 Å². The van der Waals surface area contributed by atoms with Crippen LogP contribution in [0.5, 0.6) is 0 Å². The summed E-state index contributed by atoms with van der Waals surface area (Å²) in [7, 11) is 0. The molecule has 0 saturated carbocycles. The Morgan fingerprint density at radius 1 is 1.00 bits per heavy atom. The van der Waals surface area contributed by atoms with Gasteiger partial charge in [0.2, 0.25) is 11.8 Å². The lowest BCUT2D eigenvalue weighted by Crippen LogP contribution is -2.65. The number of carboxylic acids is 1. The predicted molar refractivity (Wildman–Crippen MR) is 137 cm³/mol. The Morgan fingerprint density at radius 3 is 2.33 bits per heavy atom. The van der Waals surface area contributed by atoms with Crippen molar-refractivity contribution < 1.29 is 19.5 Å². The molecule has 3 aliphatic rings. The van der Waals surface area contributed by atoms with E-state index in [1.807, 2.05) is 66.7 Å². The number of benzene rings is 2. The summed E-state index contributed by atoms with van der Waals surface area (Å²) < 4.78 is 0. The normalized spacial score (nSPS) is 25.9. The Bertz CT molecular complexity index is 1190. The van der Waals surface area contributed by atoms with Crippen molar-refractivity contribution in [3.63, 3.8) is 0 Å². The average Bonchev–Trinajstić information content (AvgIpc) is 3.19. The van der Waals surface area contributed by atoms with Crippen LogP contribution in [0.2, 0.25) is 0 Å². The molecule has 2 aliphatic heterocycles. The maximum Gasteiger partial charge on any atom is 0.328 e. The first kappa shape index (κ1) is 24.0. The van der Waals surface area contributed by atoms with Crippen molar-refractivity contribution in [2.75, 3.05) is 6.54 Å². The summed E-state index contributed by atoms with van der Waals surface area (Å²) in [6.45, 7) is 2.37. The second-order valence-corrected chi connectivity index (χ2v) is 10.2. The number of hydrogen-bond donors (Lipinski definition) is 1. The molecule has 36 heavy (non-hydrogen) atoms. The smallest absolute Gasteiger partial charge is 0.328 e. The third kappa shape index (κ3) is 4.60. The molecule has 1 N–H and O–H groups in total. The van der Waals surface area contributed by atoms with Gasteiger partial charge in [-0.15, -0.1) is 0 Å². The second-order valence-electron chi connectivity index (χ2n) is 10.2. The predicted octanol–water partition coefficient (Wildman–Crippen LogP) is 4.19. The molecule has 1 aliphatic carbocycles. The van der Waals surface area contributed by atoms with Crippen molar-refractivity contribution in [2.24, 2.45) is 5.92 Å². The first-order chi connectivity index (χ1) is 17.4. The van der Waals surface area contributed by atoms with Crippen molar-refractivity contribution >= 4 is 17.8 Å². The van der Waals surface area contributed by atoms with Crippen LogP contribution in [0.4, 0.5) is 0 Å². The highest BCUT2D eigenvalue weighted by atomic mass is 16.4. The molecule has 2 aromatic carbocycles. The van der Waals surface area contributed by atoms with Crippen LogP contribution in [0, 0.1) is 5.92 Å². The molecule has 186 valence electrons. The summed E-state index contributed by atoms with van der Waals surface area (Å²) in [6.07, 6.45) is 8.58. The molecule has 6 heteroatoms. The lowest BCUT2D eigenvalue weighted by Gasteiger charge is -2.46. The van der Waals surface area contributed by atoms with Gasteiger partial charge < -0.3 is 14.9 Å². The Balaban J connectivity index is 1.44. The van der Waals surface area contributed by atoms with E-state index in [1.54, 1.807) is 9.80 Å². The van der Waals surface area contributed by atoms with E-state index >= 15 is 0 Å². The monoisotopic (exact) mass is 484 g/mol. The largest absolute Gasteiger partial charge is 0.480 e. The number of rotatable bonds is 6. The fourth-order valence-electron chi connectivity index (χ4n) is 5.97. The molecule has 2 aromatic rings. The van der Waals surface area contributed by atoms with Gasteiger partial charge in [0.15, 0.2) is 0 Å². The quantitative estimate of drug-likeness (QED) is 0.667. The van der Waals surface area contributed by atoms with E-state index in [0.29, 0.717) is 18.8 Å². The molecule has 0 aromatic heterocycles. The number of hydrogen-bond acceptors (Lipinski definition) is 3. The first-order valence-electron chi connectivity index (χ1n) is 12.8. The summed E-state index contributed by atoms with van der Waals surface area (Å²) in [5.74, 6) is -1.49. The van der Waals surface area contributed by atoms with Gasteiger partial charge in [-0.1, -0.05) is 85.8 Å². The third-order valence-electron chi connectivity index (χ3n) is 7.73. The standard InChI is InChI=1S/C30H32N2O4/c1-20-12-14-23(15-13-20)27(22-10-6-3-7-11-22)29(34)31-19-24-16-17-25(28(31)30(35)36)32(24)26(33)18-21-8-4-2-5-9-21/h2-12,14-15,20,24-25,27-28H,13,16-19H2,1H3,(H,35,36)/t20?,24-,25+,27?,28-/m0/s1. The number of carbonyl (C=O) groups excluding carboxylic acids is 2. The number of aliphatic carboxylic acids is 1. The summed E-state index contributed by atoms with van der Waals surface area (Å²) in [5, 5.41) is 10.3. The minimum atomic E-state index is -1.06. The third-order valence-corrected chi connectivity index (χ3v) is 7.73. The van der Waals surface area contributed by atoms with Crippen molar-refractivity contribution in [3.8, 4) is 0 Å². The van der Waals surface area contributed by atoms with Gasteiger partial charge in [0.05, 0.1) is 18.4 Å². The molecule has 6 nitrogen and oxygen atoms in total. The van der Waals surface area contributed by atoms with Gasteiger partial charge in [0, 0.05) is 12.6 Å². The average molecular weight is 485 g/mol. The minimum absolute atomic E-state index is 0.0708. The van der Waals surface area contributed by atoms with Crippen LogP contribution in [-0.2, 0) is 20.8 Å². The van der Waals surface area contributed by atoms with Gasteiger partial charge in [-0.2, -0.15) is 0 Å². The first-order valence-corrected chi connectivity index (χ1v) is 12.8. The van der Waals surface area contributed by atoms with Crippen LogP contribution in [0.3, 0.4) is 0 Å². The molecule has 2 fully saturated rings. The van der Waals surface area contributed by atoms with Gasteiger partial charge in [-0.25, -0.2) is 4.79 Å². The Labute approximate surface area is 211 Å². The van der Waals surface area contributed by atoms with Crippen LogP contribution in [0.15, 0.2) is 84.5 Å². The van der Waals surface area contributed by atoms with Gasteiger partial charge in [-0.3, -0.25) is 9.59 Å². The highest BCUT2D eigenvalue weighted by Crippen LogP contribution is 2.39. The second kappa shape index (κ2) is 10.1. The summed E-state index contributed by atoms with van der Waals surface area (Å²) in [6, 6.07) is 17.3. The zero-order valence-electron chi connectivity index (χ0n) is 20.5. The van der Waals surface area contributed by atoms with Crippen LogP contribution in [0.25, 0.3) is 0 Å². The van der Waals surface area contributed by atoms with Crippen LogP contribution >= 0.6 is 0 Å². The molecule has 2 unspecified atom stereocenters. The number of likely N-dealkylation sites (tertiary alicyclic amines) is 1. The van der Waals surface area contributed by atoms with Gasteiger partial charge in [0.25, 0.3) is 0 Å². The lowest BCUT2D eigenvalue weighted by molar-refractivity contribution is -0.161.